The average Bonchev–Trinajstić information content (AvgIpc) is 2.98. The fourth-order valence-electron chi connectivity index (χ4n) is 3.21. The van der Waals surface area contributed by atoms with Crippen molar-refractivity contribution in [3.63, 3.8) is 0 Å². The summed E-state index contributed by atoms with van der Waals surface area (Å²) in [5, 5.41) is 9.13. The number of aliphatic hydroxyl groups excluding tert-OH is 1. The van der Waals surface area contributed by atoms with Crippen LogP contribution in [0.3, 0.4) is 0 Å². The first-order chi connectivity index (χ1) is 8.61. The lowest BCUT2D eigenvalue weighted by atomic mass is 9.98. The predicted octanol–water partition coefficient (Wildman–Crippen LogP) is 0.646. The Morgan fingerprint density at radius 3 is 2.67 bits per heavy atom. The second kappa shape index (κ2) is 6.33. The fraction of sp³-hybridized carbons (Fsp3) is 1.00. The zero-order valence-corrected chi connectivity index (χ0v) is 11.8. The molecule has 106 valence electrons. The SMILES string of the molecule is CC(N)(CO)CCCN1CCC(N2CCCC2)C1. The molecule has 0 aliphatic carbocycles. The van der Waals surface area contributed by atoms with Crippen molar-refractivity contribution < 1.29 is 5.11 Å². The van der Waals surface area contributed by atoms with Crippen LogP contribution in [0, 0.1) is 0 Å². The normalized spacial score (nSPS) is 29.8. The van der Waals surface area contributed by atoms with Crippen LogP contribution in [-0.2, 0) is 0 Å². The highest BCUT2D eigenvalue weighted by atomic mass is 16.3. The van der Waals surface area contributed by atoms with Crippen LogP contribution in [0.25, 0.3) is 0 Å². The van der Waals surface area contributed by atoms with Gasteiger partial charge in [-0.25, -0.2) is 0 Å². The van der Waals surface area contributed by atoms with E-state index in [-0.39, 0.29) is 6.61 Å². The van der Waals surface area contributed by atoms with Gasteiger partial charge in [0.15, 0.2) is 0 Å². The minimum Gasteiger partial charge on any atom is -0.394 e. The summed E-state index contributed by atoms with van der Waals surface area (Å²) in [5.74, 6) is 0. The summed E-state index contributed by atoms with van der Waals surface area (Å²) in [6.45, 7) is 8.25. The standard InChI is InChI=1S/C14H29N3O/c1-14(15,12-18)6-4-7-16-10-5-13(11-16)17-8-2-3-9-17/h13,18H,2-12,15H2,1H3. The quantitative estimate of drug-likeness (QED) is 0.731. The molecule has 0 spiro atoms. The number of nitrogens with two attached hydrogens (primary N) is 1. The third kappa shape index (κ3) is 3.92. The van der Waals surface area contributed by atoms with Gasteiger partial charge >= 0.3 is 0 Å². The van der Waals surface area contributed by atoms with Gasteiger partial charge in [0, 0.05) is 18.1 Å². The monoisotopic (exact) mass is 255 g/mol. The Kier molecular flexibility index (Phi) is 5.01. The molecule has 4 heteroatoms. The van der Waals surface area contributed by atoms with E-state index in [0.717, 1.165) is 25.4 Å². The molecule has 2 heterocycles. The summed E-state index contributed by atoms with van der Waals surface area (Å²) < 4.78 is 0. The van der Waals surface area contributed by atoms with Gasteiger partial charge in [0.1, 0.15) is 0 Å². The van der Waals surface area contributed by atoms with Crippen molar-refractivity contribution in [3.8, 4) is 0 Å². The Morgan fingerprint density at radius 1 is 1.28 bits per heavy atom. The van der Waals surface area contributed by atoms with Crippen LogP contribution in [0.1, 0.15) is 39.0 Å². The van der Waals surface area contributed by atoms with Crippen molar-refractivity contribution >= 4 is 0 Å². The summed E-state index contributed by atoms with van der Waals surface area (Å²) in [6, 6.07) is 0.801. The molecule has 2 unspecified atom stereocenters. The lowest BCUT2D eigenvalue weighted by molar-refractivity contribution is 0.189. The number of aliphatic hydroxyl groups is 1. The molecule has 0 aromatic rings. The first-order valence-electron chi connectivity index (χ1n) is 7.47. The molecule has 0 aromatic heterocycles. The molecule has 0 radical (unpaired) electrons. The van der Waals surface area contributed by atoms with E-state index in [4.69, 9.17) is 10.8 Å². The van der Waals surface area contributed by atoms with E-state index < -0.39 is 5.54 Å². The third-order valence-electron chi connectivity index (χ3n) is 4.49. The second-order valence-corrected chi connectivity index (χ2v) is 6.40. The smallest absolute Gasteiger partial charge is 0.0608 e. The van der Waals surface area contributed by atoms with E-state index >= 15 is 0 Å². The number of likely N-dealkylation sites (tertiary alicyclic amines) is 2. The van der Waals surface area contributed by atoms with Gasteiger partial charge in [-0.2, -0.15) is 0 Å². The first-order valence-corrected chi connectivity index (χ1v) is 7.47. The largest absolute Gasteiger partial charge is 0.394 e. The molecule has 2 fully saturated rings. The maximum Gasteiger partial charge on any atom is 0.0608 e. The van der Waals surface area contributed by atoms with Crippen LogP contribution in [0.2, 0.25) is 0 Å². The Labute approximate surface area is 111 Å². The highest BCUT2D eigenvalue weighted by molar-refractivity contribution is 4.86. The highest BCUT2D eigenvalue weighted by Crippen LogP contribution is 2.21. The van der Waals surface area contributed by atoms with Crippen molar-refractivity contribution in [1.29, 1.82) is 0 Å². The molecule has 2 rings (SSSR count). The molecular formula is C14H29N3O. The topological polar surface area (TPSA) is 52.7 Å². The van der Waals surface area contributed by atoms with Crippen molar-refractivity contribution in [3.05, 3.63) is 0 Å². The summed E-state index contributed by atoms with van der Waals surface area (Å²) in [7, 11) is 0. The molecule has 0 aromatic carbocycles. The summed E-state index contributed by atoms with van der Waals surface area (Å²) >= 11 is 0. The van der Waals surface area contributed by atoms with Gasteiger partial charge in [-0.3, -0.25) is 4.90 Å². The first kappa shape index (κ1) is 14.3. The molecule has 18 heavy (non-hydrogen) atoms. The van der Waals surface area contributed by atoms with Gasteiger partial charge in [0.25, 0.3) is 0 Å². The average molecular weight is 255 g/mol. The molecule has 2 aliphatic heterocycles. The molecule has 0 saturated carbocycles. The molecule has 0 amide bonds. The van der Waals surface area contributed by atoms with Crippen molar-refractivity contribution in [1.82, 2.24) is 9.80 Å². The molecule has 2 atom stereocenters. The second-order valence-electron chi connectivity index (χ2n) is 6.40. The lowest BCUT2D eigenvalue weighted by Crippen LogP contribution is -2.41. The van der Waals surface area contributed by atoms with E-state index in [2.05, 4.69) is 9.80 Å². The fourth-order valence-corrected chi connectivity index (χ4v) is 3.21. The van der Waals surface area contributed by atoms with Crippen LogP contribution in [0.15, 0.2) is 0 Å². The molecule has 2 aliphatic rings. The van der Waals surface area contributed by atoms with E-state index in [1.807, 2.05) is 6.92 Å². The van der Waals surface area contributed by atoms with E-state index in [9.17, 15) is 0 Å². The Morgan fingerprint density at radius 2 is 2.00 bits per heavy atom. The summed E-state index contributed by atoms with van der Waals surface area (Å²) in [4.78, 5) is 5.23. The third-order valence-corrected chi connectivity index (χ3v) is 4.49. The van der Waals surface area contributed by atoms with Gasteiger partial charge in [0.2, 0.25) is 0 Å². The number of nitrogens with zero attached hydrogens (tertiary/aromatic N) is 2. The van der Waals surface area contributed by atoms with Crippen LogP contribution in [0.5, 0.6) is 0 Å². The zero-order valence-electron chi connectivity index (χ0n) is 11.8. The van der Waals surface area contributed by atoms with Crippen LogP contribution in [0.4, 0.5) is 0 Å². The Balaban J connectivity index is 1.63. The molecule has 3 N–H and O–H groups in total. The van der Waals surface area contributed by atoms with E-state index in [0.29, 0.717) is 0 Å². The maximum atomic E-state index is 9.13. The van der Waals surface area contributed by atoms with Gasteiger partial charge in [-0.1, -0.05) is 0 Å². The maximum absolute atomic E-state index is 9.13. The Hall–Kier alpha value is -0.160. The predicted molar refractivity (Wildman–Crippen MR) is 74.6 cm³/mol. The van der Waals surface area contributed by atoms with E-state index in [1.54, 1.807) is 0 Å². The van der Waals surface area contributed by atoms with E-state index in [1.165, 1.54) is 45.4 Å². The minimum absolute atomic E-state index is 0.0867. The van der Waals surface area contributed by atoms with Crippen LogP contribution < -0.4 is 5.73 Å². The number of rotatable bonds is 6. The summed E-state index contributed by atoms with van der Waals surface area (Å²) in [5.41, 5.74) is 5.56. The van der Waals surface area contributed by atoms with Crippen molar-refractivity contribution in [2.24, 2.45) is 5.73 Å². The molecular weight excluding hydrogens is 226 g/mol. The molecule has 2 saturated heterocycles. The Bertz CT molecular complexity index is 251. The number of hydrogen-bond donors (Lipinski definition) is 2. The van der Waals surface area contributed by atoms with Crippen molar-refractivity contribution in [2.75, 3.05) is 39.3 Å². The molecule has 0 bridgehead atoms. The lowest BCUT2D eigenvalue weighted by Gasteiger charge is -2.25. The van der Waals surface area contributed by atoms with Gasteiger partial charge in [0.05, 0.1) is 6.61 Å². The van der Waals surface area contributed by atoms with Crippen LogP contribution in [-0.4, -0.2) is 65.8 Å². The minimum atomic E-state index is -0.395. The zero-order chi connectivity index (χ0) is 13.0. The highest BCUT2D eigenvalue weighted by Gasteiger charge is 2.29. The molecule has 4 nitrogen and oxygen atoms in total. The van der Waals surface area contributed by atoms with Crippen LogP contribution >= 0.6 is 0 Å². The van der Waals surface area contributed by atoms with Gasteiger partial charge < -0.3 is 15.7 Å². The van der Waals surface area contributed by atoms with Gasteiger partial charge in [-0.05, 0) is 65.2 Å². The van der Waals surface area contributed by atoms with Gasteiger partial charge in [-0.15, -0.1) is 0 Å². The number of hydrogen-bond acceptors (Lipinski definition) is 4. The van der Waals surface area contributed by atoms with Crippen molar-refractivity contribution in [2.45, 2.75) is 50.6 Å². The summed E-state index contributed by atoms with van der Waals surface area (Å²) in [6.07, 6.45) is 6.12.